The van der Waals surface area contributed by atoms with Crippen LogP contribution in [0.15, 0.2) is 78.2 Å². The van der Waals surface area contributed by atoms with Crippen LogP contribution in [-0.4, -0.2) is 50.7 Å². The summed E-state index contributed by atoms with van der Waals surface area (Å²) in [6, 6.07) is 17.8. The first-order valence-electron chi connectivity index (χ1n) is 12.9. The summed E-state index contributed by atoms with van der Waals surface area (Å²) in [6.07, 6.45) is 4.37. The summed E-state index contributed by atoms with van der Waals surface area (Å²) >= 11 is 0. The maximum absolute atomic E-state index is 14.3. The molecule has 8 nitrogen and oxygen atoms in total. The third-order valence-corrected chi connectivity index (χ3v) is 7.25. The number of amides is 1. The number of likely N-dealkylation sites (tertiary alicyclic amines) is 1. The molecule has 2 aromatic carbocycles. The van der Waals surface area contributed by atoms with Gasteiger partial charge in [0.1, 0.15) is 5.82 Å². The molecule has 1 amide bonds. The number of nitrogens with two attached hydrogens (primary N) is 1. The Labute approximate surface area is 225 Å². The van der Waals surface area contributed by atoms with E-state index in [1.54, 1.807) is 35.5 Å². The lowest BCUT2D eigenvalue weighted by Crippen LogP contribution is -2.54. The van der Waals surface area contributed by atoms with E-state index in [1.165, 1.54) is 6.07 Å². The number of anilines is 1. The Morgan fingerprint density at radius 3 is 2.67 bits per heavy atom. The van der Waals surface area contributed by atoms with Crippen molar-refractivity contribution in [2.75, 3.05) is 18.8 Å². The molecule has 1 saturated heterocycles. The number of fused-ring (bicyclic) bond motifs is 1. The molecular weight excluding hydrogens is 495 g/mol. The van der Waals surface area contributed by atoms with Gasteiger partial charge < -0.3 is 15.5 Å². The van der Waals surface area contributed by atoms with Gasteiger partial charge in [0.2, 0.25) is 5.95 Å². The van der Waals surface area contributed by atoms with Crippen LogP contribution in [0, 0.1) is 12.7 Å². The molecule has 4 aromatic rings. The Bertz CT molecular complexity index is 1550. The van der Waals surface area contributed by atoms with Crippen molar-refractivity contribution < 1.29 is 14.0 Å². The number of oxime groups is 1. The highest BCUT2D eigenvalue weighted by Gasteiger charge is 2.35. The minimum absolute atomic E-state index is 0.0230. The van der Waals surface area contributed by atoms with E-state index in [0.717, 1.165) is 33.6 Å². The van der Waals surface area contributed by atoms with Crippen LogP contribution in [0.25, 0.3) is 11.1 Å². The number of benzene rings is 2. The van der Waals surface area contributed by atoms with Gasteiger partial charge in [-0.25, -0.2) is 14.4 Å². The molecule has 0 saturated carbocycles. The molecule has 6 rings (SSSR count). The van der Waals surface area contributed by atoms with Gasteiger partial charge in [0.15, 0.2) is 6.10 Å². The molecule has 2 N–H and O–H groups in total. The summed E-state index contributed by atoms with van der Waals surface area (Å²) in [6.45, 7) is 2.80. The Morgan fingerprint density at radius 2 is 1.90 bits per heavy atom. The van der Waals surface area contributed by atoms with Crippen molar-refractivity contribution in [2.24, 2.45) is 5.16 Å². The SMILES string of the molecule is Cc1nc(N)nc2c1/C(=N/OC1CN(C(=O)c3ccccc3)C1)CC(c1ccc(F)cc1-c1cccnc1)C2. The number of hydrogen-bond donors (Lipinski definition) is 1. The van der Waals surface area contributed by atoms with Crippen molar-refractivity contribution in [1.29, 1.82) is 0 Å². The zero-order chi connectivity index (χ0) is 26.9. The van der Waals surface area contributed by atoms with Crippen molar-refractivity contribution >= 4 is 17.6 Å². The van der Waals surface area contributed by atoms with Gasteiger partial charge in [-0.3, -0.25) is 9.78 Å². The minimum atomic E-state index is -0.312. The van der Waals surface area contributed by atoms with E-state index >= 15 is 0 Å². The quantitative estimate of drug-likeness (QED) is 0.386. The summed E-state index contributed by atoms with van der Waals surface area (Å²) in [5.41, 5.74) is 12.3. The average molecular weight is 523 g/mol. The minimum Gasteiger partial charge on any atom is -0.388 e. The Hall–Kier alpha value is -4.66. The van der Waals surface area contributed by atoms with Crippen LogP contribution in [0.3, 0.4) is 0 Å². The molecule has 39 heavy (non-hydrogen) atoms. The van der Waals surface area contributed by atoms with Gasteiger partial charge in [0.25, 0.3) is 5.91 Å². The second-order valence-electron chi connectivity index (χ2n) is 9.91. The maximum atomic E-state index is 14.3. The number of aromatic nitrogens is 3. The molecule has 9 heteroatoms. The number of carbonyl (C=O) groups is 1. The molecule has 1 atom stereocenters. The molecule has 1 fully saturated rings. The number of hydrogen-bond acceptors (Lipinski definition) is 7. The molecule has 1 unspecified atom stereocenters. The number of rotatable bonds is 5. The topological polar surface area (TPSA) is 107 Å². The fourth-order valence-corrected chi connectivity index (χ4v) is 5.35. The predicted octanol–water partition coefficient (Wildman–Crippen LogP) is 4.54. The molecule has 2 aromatic heterocycles. The van der Waals surface area contributed by atoms with Crippen molar-refractivity contribution in [1.82, 2.24) is 19.9 Å². The first-order chi connectivity index (χ1) is 19.0. The zero-order valence-corrected chi connectivity index (χ0v) is 21.4. The van der Waals surface area contributed by atoms with Crippen molar-refractivity contribution in [3.05, 3.63) is 107 Å². The van der Waals surface area contributed by atoms with Crippen LogP contribution < -0.4 is 5.73 Å². The first-order valence-corrected chi connectivity index (χ1v) is 12.9. The van der Waals surface area contributed by atoms with Crippen LogP contribution in [0.4, 0.5) is 10.3 Å². The lowest BCUT2D eigenvalue weighted by Gasteiger charge is -2.37. The summed E-state index contributed by atoms with van der Waals surface area (Å²) < 4.78 is 14.3. The highest BCUT2D eigenvalue weighted by Crippen LogP contribution is 2.38. The van der Waals surface area contributed by atoms with Crippen LogP contribution in [0.1, 0.15) is 45.2 Å². The largest absolute Gasteiger partial charge is 0.388 e. The van der Waals surface area contributed by atoms with Gasteiger partial charge in [-0.05, 0) is 60.7 Å². The molecule has 0 bridgehead atoms. The third-order valence-electron chi connectivity index (χ3n) is 7.25. The lowest BCUT2D eigenvalue weighted by atomic mass is 9.78. The molecular formula is C30H27FN6O2. The maximum Gasteiger partial charge on any atom is 0.254 e. The van der Waals surface area contributed by atoms with E-state index in [2.05, 4.69) is 20.1 Å². The zero-order valence-electron chi connectivity index (χ0n) is 21.4. The van der Waals surface area contributed by atoms with Gasteiger partial charge in [0, 0.05) is 35.5 Å². The highest BCUT2D eigenvalue weighted by atomic mass is 19.1. The Kier molecular flexibility index (Phi) is 6.48. The lowest BCUT2D eigenvalue weighted by molar-refractivity contribution is -0.0408. The Morgan fingerprint density at radius 1 is 1.08 bits per heavy atom. The molecule has 1 aliphatic heterocycles. The fourth-order valence-electron chi connectivity index (χ4n) is 5.35. The average Bonchev–Trinajstić information content (AvgIpc) is 2.92. The summed E-state index contributed by atoms with van der Waals surface area (Å²) in [5.74, 6) is -0.173. The van der Waals surface area contributed by atoms with Gasteiger partial charge in [-0.2, -0.15) is 0 Å². The van der Waals surface area contributed by atoms with Gasteiger partial charge in [-0.15, -0.1) is 0 Å². The molecule has 2 aliphatic rings. The van der Waals surface area contributed by atoms with E-state index in [1.807, 2.05) is 43.3 Å². The van der Waals surface area contributed by atoms with Crippen LogP contribution >= 0.6 is 0 Å². The summed E-state index contributed by atoms with van der Waals surface area (Å²) in [4.78, 5) is 33.5. The third kappa shape index (κ3) is 4.95. The number of nitrogens with zero attached hydrogens (tertiary/aromatic N) is 5. The van der Waals surface area contributed by atoms with Crippen LogP contribution in [0.5, 0.6) is 0 Å². The molecule has 0 spiro atoms. The number of halogens is 1. The highest BCUT2D eigenvalue weighted by molar-refractivity contribution is 6.03. The van der Waals surface area contributed by atoms with Gasteiger partial charge in [-0.1, -0.05) is 35.5 Å². The molecule has 1 aliphatic carbocycles. The van der Waals surface area contributed by atoms with Crippen molar-refractivity contribution in [2.45, 2.75) is 31.8 Å². The van der Waals surface area contributed by atoms with E-state index in [4.69, 9.17) is 10.6 Å². The first kappa shape index (κ1) is 24.7. The fraction of sp³-hybridized carbons (Fsp3) is 0.233. The van der Waals surface area contributed by atoms with E-state index < -0.39 is 0 Å². The smallest absolute Gasteiger partial charge is 0.254 e. The summed E-state index contributed by atoms with van der Waals surface area (Å²) in [7, 11) is 0. The normalized spacial score (nSPS) is 17.9. The second-order valence-corrected chi connectivity index (χ2v) is 9.91. The van der Waals surface area contributed by atoms with E-state index in [-0.39, 0.29) is 29.7 Å². The van der Waals surface area contributed by atoms with Crippen molar-refractivity contribution in [3.63, 3.8) is 0 Å². The number of aryl methyl sites for hydroxylation is 1. The van der Waals surface area contributed by atoms with E-state index in [0.29, 0.717) is 37.2 Å². The number of nitrogen functional groups attached to an aromatic ring is 1. The standard InChI is InChI=1S/C30H27FN6O2/c1-18-28-26(35-30(32)34-18)12-21(24-10-9-22(31)14-25(24)20-8-5-11-33-15-20)13-27(28)36-39-23-16-37(17-23)29(38)19-6-3-2-4-7-19/h2-11,14-15,21,23H,12-13,16-17H2,1H3,(H2,32,34,35)/b36-27+. The van der Waals surface area contributed by atoms with Gasteiger partial charge >= 0.3 is 0 Å². The second kappa shape index (κ2) is 10.2. The number of pyridine rings is 1. The molecule has 3 heterocycles. The summed E-state index contributed by atoms with van der Waals surface area (Å²) in [5, 5.41) is 4.57. The van der Waals surface area contributed by atoms with Crippen LogP contribution in [0.2, 0.25) is 0 Å². The monoisotopic (exact) mass is 522 g/mol. The molecule has 0 radical (unpaired) electrons. The predicted molar refractivity (Wildman–Crippen MR) is 146 cm³/mol. The molecule has 196 valence electrons. The number of carbonyl (C=O) groups excluding carboxylic acids is 1. The van der Waals surface area contributed by atoms with Gasteiger partial charge in [0.05, 0.1) is 30.2 Å². The Balaban J connectivity index is 1.27. The van der Waals surface area contributed by atoms with Crippen LogP contribution in [-0.2, 0) is 11.3 Å². The van der Waals surface area contributed by atoms with Crippen molar-refractivity contribution in [3.8, 4) is 11.1 Å². The van der Waals surface area contributed by atoms with E-state index in [9.17, 15) is 9.18 Å².